The van der Waals surface area contributed by atoms with Crippen molar-refractivity contribution < 1.29 is 19.0 Å². The first-order valence-corrected chi connectivity index (χ1v) is 9.87. The van der Waals surface area contributed by atoms with Gasteiger partial charge < -0.3 is 24.8 Å². The number of fused-ring (bicyclic) bond motifs is 1. The summed E-state index contributed by atoms with van der Waals surface area (Å²) in [7, 11) is 0. The molecule has 0 aromatic heterocycles. The lowest BCUT2D eigenvalue weighted by molar-refractivity contribution is 0.00880. The van der Waals surface area contributed by atoms with Gasteiger partial charge in [0, 0.05) is 11.4 Å². The van der Waals surface area contributed by atoms with Crippen molar-refractivity contribution in [1.82, 2.24) is 5.32 Å². The minimum Gasteiger partial charge on any atom is -0.441 e. The monoisotopic (exact) mass is 424 g/mol. The number of ether oxygens (including phenoxy) is 3. The summed E-state index contributed by atoms with van der Waals surface area (Å²) in [6.45, 7) is 0.635. The van der Waals surface area contributed by atoms with Crippen LogP contribution >= 0.6 is 12.2 Å². The summed E-state index contributed by atoms with van der Waals surface area (Å²) in [5.74, 6) is 0. The van der Waals surface area contributed by atoms with E-state index < -0.39 is 12.2 Å². The molecule has 9 heteroatoms. The molecule has 2 aromatic carbocycles. The molecular weight excluding hydrogens is 404 g/mol. The fourth-order valence-electron chi connectivity index (χ4n) is 3.46. The highest BCUT2D eigenvalue weighted by Gasteiger charge is 2.49. The van der Waals surface area contributed by atoms with Crippen LogP contribution in [0.15, 0.2) is 54.6 Å². The van der Waals surface area contributed by atoms with Gasteiger partial charge in [-0.2, -0.15) is 5.26 Å². The van der Waals surface area contributed by atoms with Crippen LogP contribution in [0.5, 0.6) is 0 Å². The molecule has 0 radical (unpaired) electrons. The molecule has 2 aromatic rings. The molecule has 0 aliphatic carbocycles. The minimum atomic E-state index is -0.548. The predicted molar refractivity (Wildman–Crippen MR) is 114 cm³/mol. The molecule has 2 aliphatic heterocycles. The van der Waals surface area contributed by atoms with Gasteiger partial charge in [0.1, 0.15) is 12.2 Å². The van der Waals surface area contributed by atoms with Crippen molar-refractivity contribution >= 4 is 34.8 Å². The summed E-state index contributed by atoms with van der Waals surface area (Å²) in [4.78, 5) is 12.2. The van der Waals surface area contributed by atoms with Crippen molar-refractivity contribution in [2.45, 2.75) is 24.4 Å². The molecule has 2 saturated heterocycles. The molecule has 0 unspecified atom stereocenters. The number of amides is 1. The van der Waals surface area contributed by atoms with E-state index in [1.807, 2.05) is 18.2 Å². The third kappa shape index (κ3) is 4.68. The summed E-state index contributed by atoms with van der Waals surface area (Å²) >= 11 is 5.37. The maximum Gasteiger partial charge on any atom is 0.412 e. The second kappa shape index (κ2) is 9.09. The first-order chi connectivity index (χ1) is 14.6. The SMILES string of the molecule is N#Cc1ccc(NC(=S)N[C@H]2CO[C@H]3[C@@H]2OC[C@H]3OC(=O)Nc2ccccc2)cc1. The number of anilines is 2. The quantitative estimate of drug-likeness (QED) is 0.644. The van der Waals surface area contributed by atoms with E-state index in [1.54, 1.807) is 36.4 Å². The number of nitrogens with one attached hydrogen (secondary N) is 3. The summed E-state index contributed by atoms with van der Waals surface area (Å²) in [6, 6.07) is 18.0. The average molecular weight is 424 g/mol. The molecule has 8 nitrogen and oxygen atoms in total. The van der Waals surface area contributed by atoms with E-state index in [2.05, 4.69) is 22.0 Å². The molecule has 2 aliphatic rings. The average Bonchev–Trinajstić information content (AvgIpc) is 3.33. The van der Waals surface area contributed by atoms with Crippen LogP contribution in [0.3, 0.4) is 0 Å². The number of nitrogens with zero attached hydrogens (tertiary/aromatic N) is 1. The molecule has 1 amide bonds. The van der Waals surface area contributed by atoms with Gasteiger partial charge in [-0.3, -0.25) is 5.32 Å². The van der Waals surface area contributed by atoms with Gasteiger partial charge in [0.2, 0.25) is 0 Å². The molecule has 4 atom stereocenters. The van der Waals surface area contributed by atoms with Crippen LogP contribution in [-0.2, 0) is 14.2 Å². The summed E-state index contributed by atoms with van der Waals surface area (Å²) in [5.41, 5.74) is 2.00. The Hall–Kier alpha value is -3.19. The highest BCUT2D eigenvalue weighted by molar-refractivity contribution is 7.80. The molecule has 30 heavy (non-hydrogen) atoms. The predicted octanol–water partition coefficient (Wildman–Crippen LogP) is 2.63. The fourth-order valence-corrected chi connectivity index (χ4v) is 3.73. The number of hydrogen-bond donors (Lipinski definition) is 3. The van der Waals surface area contributed by atoms with Gasteiger partial charge in [-0.05, 0) is 48.6 Å². The van der Waals surface area contributed by atoms with E-state index in [-0.39, 0.29) is 24.9 Å². The topological polar surface area (TPSA) is 105 Å². The van der Waals surface area contributed by atoms with E-state index in [4.69, 9.17) is 31.7 Å². The van der Waals surface area contributed by atoms with E-state index in [0.717, 1.165) is 5.69 Å². The van der Waals surface area contributed by atoms with Crippen LogP contribution in [-0.4, -0.2) is 48.8 Å². The number of rotatable bonds is 4. The highest BCUT2D eigenvalue weighted by Crippen LogP contribution is 2.29. The van der Waals surface area contributed by atoms with Crippen LogP contribution in [0.25, 0.3) is 0 Å². The summed E-state index contributed by atoms with van der Waals surface area (Å²) in [5, 5.41) is 18.2. The Morgan fingerprint density at radius 3 is 2.43 bits per heavy atom. The van der Waals surface area contributed by atoms with E-state index >= 15 is 0 Å². The van der Waals surface area contributed by atoms with Crippen LogP contribution in [0, 0.1) is 11.3 Å². The Morgan fingerprint density at radius 1 is 1.00 bits per heavy atom. The van der Waals surface area contributed by atoms with E-state index in [1.165, 1.54) is 0 Å². The van der Waals surface area contributed by atoms with E-state index in [9.17, 15) is 4.79 Å². The third-order valence-corrected chi connectivity index (χ3v) is 5.09. The van der Waals surface area contributed by atoms with Crippen molar-refractivity contribution in [2.24, 2.45) is 0 Å². The normalized spacial score (nSPS) is 24.4. The summed E-state index contributed by atoms with van der Waals surface area (Å²) < 4.78 is 17.1. The largest absolute Gasteiger partial charge is 0.441 e. The zero-order valence-electron chi connectivity index (χ0n) is 15.9. The van der Waals surface area contributed by atoms with Gasteiger partial charge in [0.25, 0.3) is 0 Å². The van der Waals surface area contributed by atoms with Crippen molar-refractivity contribution in [3.8, 4) is 6.07 Å². The second-order valence-electron chi connectivity index (χ2n) is 6.92. The number of thiocarbonyl (C=S) groups is 1. The van der Waals surface area contributed by atoms with Gasteiger partial charge in [-0.25, -0.2) is 4.79 Å². The number of carbonyl (C=O) groups excluding carboxylic acids is 1. The highest BCUT2D eigenvalue weighted by atomic mass is 32.1. The lowest BCUT2D eigenvalue weighted by Gasteiger charge is -2.20. The molecule has 2 fully saturated rings. The molecule has 0 bridgehead atoms. The van der Waals surface area contributed by atoms with E-state index in [0.29, 0.717) is 23.0 Å². The lowest BCUT2D eigenvalue weighted by Crippen LogP contribution is -2.46. The number of nitriles is 1. The van der Waals surface area contributed by atoms with Gasteiger partial charge in [0.05, 0.1) is 30.9 Å². The zero-order valence-corrected chi connectivity index (χ0v) is 16.7. The Labute approximate surface area is 179 Å². The van der Waals surface area contributed by atoms with Crippen LogP contribution in [0.4, 0.5) is 16.2 Å². The Kier molecular flexibility index (Phi) is 6.09. The number of hydrogen-bond acceptors (Lipinski definition) is 6. The van der Waals surface area contributed by atoms with Gasteiger partial charge in [0.15, 0.2) is 11.2 Å². The molecule has 4 rings (SSSR count). The third-order valence-electron chi connectivity index (χ3n) is 4.87. The molecule has 0 saturated carbocycles. The molecule has 3 N–H and O–H groups in total. The number of carbonyl (C=O) groups is 1. The van der Waals surface area contributed by atoms with Crippen LogP contribution in [0.1, 0.15) is 5.56 Å². The van der Waals surface area contributed by atoms with Crippen LogP contribution < -0.4 is 16.0 Å². The molecule has 0 spiro atoms. The maximum atomic E-state index is 12.2. The standard InChI is InChI=1S/C21H20N4O4S/c22-10-13-6-8-15(9-7-13)23-20(30)25-16-11-27-19-17(12-28-18(16)19)29-21(26)24-14-4-2-1-3-5-14/h1-9,16-19H,11-12H2,(H,24,26)(H2,23,25,30)/t16-,17+,18+,19+/m0/s1. The van der Waals surface area contributed by atoms with Crippen molar-refractivity contribution in [3.05, 3.63) is 60.2 Å². The van der Waals surface area contributed by atoms with Crippen molar-refractivity contribution in [2.75, 3.05) is 23.8 Å². The zero-order chi connectivity index (χ0) is 20.9. The first kappa shape index (κ1) is 20.1. The maximum absolute atomic E-state index is 12.2. The Balaban J connectivity index is 1.27. The fraction of sp³-hybridized carbons (Fsp3) is 0.286. The minimum absolute atomic E-state index is 0.167. The van der Waals surface area contributed by atoms with Crippen molar-refractivity contribution in [3.63, 3.8) is 0 Å². The number of benzene rings is 2. The van der Waals surface area contributed by atoms with Gasteiger partial charge in [-0.15, -0.1) is 0 Å². The molecular formula is C21H20N4O4S. The first-order valence-electron chi connectivity index (χ1n) is 9.46. The Bertz CT molecular complexity index is 948. The Morgan fingerprint density at radius 2 is 1.70 bits per heavy atom. The second-order valence-corrected chi connectivity index (χ2v) is 7.33. The summed E-state index contributed by atoms with van der Waals surface area (Å²) in [6.07, 6.45) is -1.68. The van der Waals surface area contributed by atoms with Gasteiger partial charge in [-0.1, -0.05) is 18.2 Å². The number of para-hydroxylation sites is 1. The molecule has 2 heterocycles. The van der Waals surface area contributed by atoms with Crippen LogP contribution in [0.2, 0.25) is 0 Å². The lowest BCUT2D eigenvalue weighted by atomic mass is 10.1. The van der Waals surface area contributed by atoms with Gasteiger partial charge >= 0.3 is 6.09 Å². The smallest absolute Gasteiger partial charge is 0.412 e. The van der Waals surface area contributed by atoms with Crippen molar-refractivity contribution in [1.29, 1.82) is 5.26 Å². The molecule has 154 valence electrons.